The molecule has 0 saturated heterocycles. The van der Waals surface area contributed by atoms with E-state index < -0.39 is 0 Å². The van der Waals surface area contributed by atoms with E-state index in [2.05, 4.69) is 19.2 Å². The van der Waals surface area contributed by atoms with Gasteiger partial charge in [-0.3, -0.25) is 4.79 Å². The Morgan fingerprint density at radius 1 is 1.44 bits per heavy atom. The van der Waals surface area contributed by atoms with E-state index in [1.54, 1.807) is 7.11 Å². The van der Waals surface area contributed by atoms with E-state index in [0.29, 0.717) is 13.0 Å². The van der Waals surface area contributed by atoms with Crippen LogP contribution in [0, 0.1) is 0 Å². The second-order valence-corrected chi connectivity index (χ2v) is 3.76. The number of nitrogens with two attached hydrogens (primary N) is 1. The van der Waals surface area contributed by atoms with Crippen LogP contribution >= 0.6 is 12.4 Å². The summed E-state index contributed by atoms with van der Waals surface area (Å²) in [4.78, 5) is 11.6. The summed E-state index contributed by atoms with van der Waals surface area (Å²) in [5, 5.41) is 2.99. The summed E-state index contributed by atoms with van der Waals surface area (Å²) < 4.78 is 5.06. The highest BCUT2D eigenvalue weighted by atomic mass is 35.5. The van der Waals surface area contributed by atoms with Crippen molar-refractivity contribution < 1.29 is 9.53 Å². The summed E-state index contributed by atoms with van der Waals surface area (Å²) in [7, 11) is 1.58. The molecule has 98 valence electrons. The van der Waals surface area contributed by atoms with Crippen molar-refractivity contribution in [3.63, 3.8) is 0 Å². The summed E-state index contributed by atoms with van der Waals surface area (Å²) in [6.45, 7) is 4.58. The van der Waals surface area contributed by atoms with E-state index in [9.17, 15) is 4.79 Å². The molecule has 0 aliphatic heterocycles. The SMILES string of the molecule is CCCC(CC)NC(=O)CC(CN)OC.Cl. The number of carbonyl (C=O) groups excluding carboxylic acids is 1. The third kappa shape index (κ3) is 7.91. The van der Waals surface area contributed by atoms with Crippen LogP contribution in [0.1, 0.15) is 39.5 Å². The lowest BCUT2D eigenvalue weighted by Crippen LogP contribution is -2.38. The number of halogens is 1. The average Bonchev–Trinajstić information content (AvgIpc) is 2.25. The van der Waals surface area contributed by atoms with Crippen LogP contribution in [0.4, 0.5) is 0 Å². The Labute approximate surface area is 105 Å². The third-order valence-corrected chi connectivity index (χ3v) is 2.50. The Kier molecular flexibility index (Phi) is 12.6. The molecule has 0 bridgehead atoms. The summed E-state index contributed by atoms with van der Waals surface area (Å²) >= 11 is 0. The zero-order chi connectivity index (χ0) is 11.7. The van der Waals surface area contributed by atoms with E-state index in [1.807, 2.05) is 0 Å². The Hall–Kier alpha value is -0.320. The van der Waals surface area contributed by atoms with Gasteiger partial charge in [-0.25, -0.2) is 0 Å². The van der Waals surface area contributed by atoms with Gasteiger partial charge in [0.25, 0.3) is 0 Å². The monoisotopic (exact) mass is 252 g/mol. The number of methoxy groups -OCH3 is 1. The largest absolute Gasteiger partial charge is 0.380 e. The second kappa shape index (κ2) is 11.2. The van der Waals surface area contributed by atoms with Gasteiger partial charge in [0.05, 0.1) is 12.5 Å². The van der Waals surface area contributed by atoms with Crippen LogP contribution in [0.2, 0.25) is 0 Å². The molecule has 5 heteroatoms. The normalized spacial score (nSPS) is 13.8. The van der Waals surface area contributed by atoms with Crippen molar-refractivity contribution in [3.05, 3.63) is 0 Å². The molecule has 0 saturated carbocycles. The molecule has 4 nitrogen and oxygen atoms in total. The van der Waals surface area contributed by atoms with Crippen LogP contribution in [0.5, 0.6) is 0 Å². The number of ether oxygens (including phenoxy) is 1. The molecule has 0 aliphatic carbocycles. The van der Waals surface area contributed by atoms with Crippen LogP contribution in [0.25, 0.3) is 0 Å². The highest BCUT2D eigenvalue weighted by molar-refractivity contribution is 5.85. The van der Waals surface area contributed by atoms with Crippen LogP contribution in [0.15, 0.2) is 0 Å². The van der Waals surface area contributed by atoms with Gasteiger partial charge in [0, 0.05) is 19.7 Å². The standard InChI is InChI=1S/C11H24N2O2.ClH/c1-4-6-9(5-2)13-11(14)7-10(8-12)15-3;/h9-10H,4-8,12H2,1-3H3,(H,13,14);1H. The van der Waals surface area contributed by atoms with Crippen molar-refractivity contribution in [3.8, 4) is 0 Å². The van der Waals surface area contributed by atoms with Gasteiger partial charge >= 0.3 is 0 Å². The van der Waals surface area contributed by atoms with Gasteiger partial charge in [0.15, 0.2) is 0 Å². The third-order valence-electron chi connectivity index (χ3n) is 2.50. The first-order valence-electron chi connectivity index (χ1n) is 5.70. The van der Waals surface area contributed by atoms with Crippen molar-refractivity contribution in [2.45, 2.75) is 51.7 Å². The molecule has 0 rings (SSSR count). The van der Waals surface area contributed by atoms with E-state index in [1.165, 1.54) is 0 Å². The quantitative estimate of drug-likeness (QED) is 0.688. The van der Waals surface area contributed by atoms with E-state index in [0.717, 1.165) is 19.3 Å². The molecule has 0 radical (unpaired) electrons. The molecule has 2 unspecified atom stereocenters. The van der Waals surface area contributed by atoms with Crippen LogP contribution in [-0.2, 0) is 9.53 Å². The van der Waals surface area contributed by atoms with Crippen LogP contribution in [-0.4, -0.2) is 31.7 Å². The van der Waals surface area contributed by atoms with Gasteiger partial charge in [-0.15, -0.1) is 12.4 Å². The second-order valence-electron chi connectivity index (χ2n) is 3.76. The van der Waals surface area contributed by atoms with E-state index in [-0.39, 0.29) is 30.5 Å². The van der Waals surface area contributed by atoms with Gasteiger partial charge in [0.2, 0.25) is 5.91 Å². The molecule has 0 aromatic carbocycles. The number of amides is 1. The fraction of sp³-hybridized carbons (Fsp3) is 0.909. The molecular weight excluding hydrogens is 228 g/mol. The van der Waals surface area contributed by atoms with Crippen molar-refractivity contribution in [2.24, 2.45) is 5.73 Å². The number of hydrogen-bond donors (Lipinski definition) is 2. The molecule has 0 spiro atoms. The first kappa shape index (κ1) is 18.1. The predicted octanol–water partition coefficient (Wildman–Crippen LogP) is 1.47. The zero-order valence-electron chi connectivity index (χ0n) is 10.5. The Balaban J connectivity index is 0. The number of rotatable bonds is 8. The minimum Gasteiger partial charge on any atom is -0.380 e. The van der Waals surface area contributed by atoms with Gasteiger partial charge in [-0.2, -0.15) is 0 Å². The lowest BCUT2D eigenvalue weighted by Gasteiger charge is -2.18. The number of nitrogens with one attached hydrogen (secondary N) is 1. The van der Waals surface area contributed by atoms with Crippen LogP contribution in [0.3, 0.4) is 0 Å². The molecule has 0 aromatic heterocycles. The fourth-order valence-corrected chi connectivity index (χ4v) is 1.48. The maximum atomic E-state index is 11.6. The Bertz CT molecular complexity index is 175. The summed E-state index contributed by atoms with van der Waals surface area (Å²) in [5.41, 5.74) is 5.45. The van der Waals surface area contributed by atoms with Crippen molar-refractivity contribution in [2.75, 3.05) is 13.7 Å². The maximum Gasteiger partial charge on any atom is 0.222 e. The Morgan fingerprint density at radius 3 is 2.44 bits per heavy atom. The molecule has 2 atom stereocenters. The average molecular weight is 253 g/mol. The summed E-state index contributed by atoms with van der Waals surface area (Å²) in [6, 6.07) is 0.290. The lowest BCUT2D eigenvalue weighted by molar-refractivity contribution is -0.124. The van der Waals surface area contributed by atoms with E-state index >= 15 is 0 Å². The summed E-state index contributed by atoms with van der Waals surface area (Å²) in [6.07, 6.45) is 3.28. The van der Waals surface area contributed by atoms with Gasteiger partial charge in [-0.05, 0) is 12.8 Å². The van der Waals surface area contributed by atoms with Crippen LogP contribution < -0.4 is 11.1 Å². The number of hydrogen-bond acceptors (Lipinski definition) is 3. The fourth-order valence-electron chi connectivity index (χ4n) is 1.48. The lowest BCUT2D eigenvalue weighted by atomic mass is 10.1. The molecule has 16 heavy (non-hydrogen) atoms. The Morgan fingerprint density at radius 2 is 2.06 bits per heavy atom. The van der Waals surface area contributed by atoms with Crippen molar-refractivity contribution >= 4 is 18.3 Å². The smallest absolute Gasteiger partial charge is 0.222 e. The molecule has 0 fully saturated rings. The first-order valence-corrected chi connectivity index (χ1v) is 5.70. The highest BCUT2D eigenvalue weighted by Gasteiger charge is 2.14. The number of carbonyl (C=O) groups is 1. The van der Waals surface area contributed by atoms with Gasteiger partial charge in [0.1, 0.15) is 0 Å². The molecule has 1 amide bonds. The zero-order valence-corrected chi connectivity index (χ0v) is 11.3. The maximum absolute atomic E-state index is 11.6. The predicted molar refractivity (Wildman–Crippen MR) is 68.8 cm³/mol. The minimum atomic E-state index is -0.163. The van der Waals surface area contributed by atoms with E-state index in [4.69, 9.17) is 10.5 Å². The first-order chi connectivity index (χ1) is 7.17. The molecule has 0 aromatic rings. The highest BCUT2D eigenvalue weighted by Crippen LogP contribution is 2.02. The molecule has 0 aliphatic rings. The van der Waals surface area contributed by atoms with Crippen molar-refractivity contribution in [1.29, 1.82) is 0 Å². The van der Waals surface area contributed by atoms with Gasteiger partial charge < -0.3 is 15.8 Å². The molecule has 0 heterocycles. The van der Waals surface area contributed by atoms with Gasteiger partial charge in [-0.1, -0.05) is 20.3 Å². The topological polar surface area (TPSA) is 64.4 Å². The minimum absolute atomic E-state index is 0. The summed E-state index contributed by atoms with van der Waals surface area (Å²) in [5.74, 6) is 0.0348. The van der Waals surface area contributed by atoms with Crippen molar-refractivity contribution in [1.82, 2.24) is 5.32 Å². The molecular formula is C11H25ClN2O2. The molecule has 3 N–H and O–H groups in total.